The number of hydrogen-bond acceptors (Lipinski definition) is 5. The summed E-state index contributed by atoms with van der Waals surface area (Å²) in [6.45, 7) is 5.75. The maximum absolute atomic E-state index is 13.7. The van der Waals surface area contributed by atoms with Crippen molar-refractivity contribution in [1.82, 2.24) is 34.8 Å². The third-order valence-electron chi connectivity index (χ3n) is 6.87. The first kappa shape index (κ1) is 23.0. The SMILES string of the molecule is Cc1nn(-c2ccccn2)c2nc(C3CC3)cc(C(=O)NC(C)c3cnn(-c4ccc(F)cc4)c3C)c12. The van der Waals surface area contributed by atoms with Crippen molar-refractivity contribution >= 4 is 16.9 Å². The Kier molecular flexibility index (Phi) is 5.55. The highest BCUT2D eigenvalue weighted by Gasteiger charge is 2.29. The Balaban J connectivity index is 1.36. The number of aryl methyl sites for hydroxylation is 1. The molecular weight excluding hydrogens is 469 g/mol. The molecule has 1 N–H and O–H groups in total. The van der Waals surface area contributed by atoms with E-state index in [-0.39, 0.29) is 17.8 Å². The predicted molar refractivity (Wildman–Crippen MR) is 138 cm³/mol. The summed E-state index contributed by atoms with van der Waals surface area (Å²) in [6.07, 6.45) is 5.58. The number of pyridine rings is 2. The van der Waals surface area contributed by atoms with Crippen molar-refractivity contribution in [3.8, 4) is 11.5 Å². The number of fused-ring (bicyclic) bond motifs is 1. The lowest BCUT2D eigenvalue weighted by atomic mass is 10.1. The van der Waals surface area contributed by atoms with Crippen molar-refractivity contribution < 1.29 is 9.18 Å². The van der Waals surface area contributed by atoms with Crippen LogP contribution in [0.5, 0.6) is 0 Å². The van der Waals surface area contributed by atoms with Crippen molar-refractivity contribution in [2.75, 3.05) is 0 Å². The van der Waals surface area contributed by atoms with Crippen molar-refractivity contribution in [2.45, 2.75) is 45.6 Å². The first-order chi connectivity index (χ1) is 17.9. The molecule has 1 atom stereocenters. The van der Waals surface area contributed by atoms with E-state index in [2.05, 4.69) is 15.4 Å². The van der Waals surface area contributed by atoms with Crippen LogP contribution in [-0.4, -0.2) is 35.4 Å². The van der Waals surface area contributed by atoms with Gasteiger partial charge in [-0.2, -0.15) is 14.9 Å². The van der Waals surface area contributed by atoms with Gasteiger partial charge in [-0.3, -0.25) is 4.79 Å². The molecule has 9 heteroatoms. The van der Waals surface area contributed by atoms with Gasteiger partial charge in [0.1, 0.15) is 5.82 Å². The zero-order valence-electron chi connectivity index (χ0n) is 20.8. The molecule has 186 valence electrons. The molecule has 1 aromatic carbocycles. The number of carbonyl (C=O) groups excluding carboxylic acids is 1. The summed E-state index contributed by atoms with van der Waals surface area (Å²) < 4.78 is 16.8. The fourth-order valence-corrected chi connectivity index (χ4v) is 4.76. The summed E-state index contributed by atoms with van der Waals surface area (Å²) in [6, 6.07) is 13.4. The van der Waals surface area contributed by atoms with Crippen LogP contribution in [0, 0.1) is 19.7 Å². The number of nitrogens with zero attached hydrogens (tertiary/aromatic N) is 6. The highest BCUT2D eigenvalue weighted by Crippen LogP contribution is 2.40. The van der Waals surface area contributed by atoms with E-state index >= 15 is 0 Å². The molecule has 1 unspecified atom stereocenters. The van der Waals surface area contributed by atoms with Gasteiger partial charge < -0.3 is 5.32 Å². The van der Waals surface area contributed by atoms with Crippen molar-refractivity contribution in [2.24, 2.45) is 0 Å². The lowest BCUT2D eigenvalue weighted by Gasteiger charge is -2.15. The van der Waals surface area contributed by atoms with Gasteiger partial charge in [0.05, 0.1) is 34.6 Å². The summed E-state index contributed by atoms with van der Waals surface area (Å²) in [5, 5.41) is 13.0. The van der Waals surface area contributed by atoms with Crippen LogP contribution >= 0.6 is 0 Å². The first-order valence-corrected chi connectivity index (χ1v) is 12.3. The monoisotopic (exact) mass is 495 g/mol. The van der Waals surface area contributed by atoms with Crippen LogP contribution in [0.15, 0.2) is 60.9 Å². The van der Waals surface area contributed by atoms with Crippen molar-refractivity contribution in [1.29, 1.82) is 0 Å². The van der Waals surface area contributed by atoms with E-state index < -0.39 is 0 Å². The molecule has 1 saturated carbocycles. The van der Waals surface area contributed by atoms with E-state index in [1.165, 1.54) is 12.1 Å². The number of rotatable bonds is 6. The van der Waals surface area contributed by atoms with Gasteiger partial charge in [0.25, 0.3) is 5.91 Å². The summed E-state index contributed by atoms with van der Waals surface area (Å²) in [4.78, 5) is 23.0. The Hall–Kier alpha value is -4.40. The van der Waals surface area contributed by atoms with E-state index in [0.717, 1.165) is 40.9 Å². The number of benzene rings is 1. The number of aromatic nitrogens is 6. The second kappa shape index (κ2) is 8.92. The average molecular weight is 496 g/mol. The van der Waals surface area contributed by atoms with Crippen LogP contribution in [0.2, 0.25) is 0 Å². The van der Waals surface area contributed by atoms with Crippen LogP contribution in [0.3, 0.4) is 0 Å². The van der Waals surface area contributed by atoms with Crippen LogP contribution in [0.4, 0.5) is 4.39 Å². The van der Waals surface area contributed by atoms with Crippen molar-refractivity contribution in [3.05, 3.63) is 95.0 Å². The normalized spacial score (nSPS) is 14.2. The quantitative estimate of drug-likeness (QED) is 0.353. The van der Waals surface area contributed by atoms with E-state index in [1.807, 2.05) is 45.0 Å². The van der Waals surface area contributed by atoms with Gasteiger partial charge in [0.15, 0.2) is 11.5 Å². The van der Waals surface area contributed by atoms with Crippen LogP contribution in [0.25, 0.3) is 22.5 Å². The largest absolute Gasteiger partial charge is 0.345 e. The molecule has 0 bridgehead atoms. The third kappa shape index (κ3) is 4.16. The zero-order chi connectivity index (χ0) is 25.7. The number of carbonyl (C=O) groups is 1. The molecule has 4 aromatic heterocycles. The highest BCUT2D eigenvalue weighted by atomic mass is 19.1. The molecule has 0 saturated heterocycles. The first-order valence-electron chi connectivity index (χ1n) is 12.3. The fourth-order valence-electron chi connectivity index (χ4n) is 4.76. The summed E-state index contributed by atoms with van der Waals surface area (Å²) in [5.74, 6) is 0.520. The lowest BCUT2D eigenvalue weighted by Crippen LogP contribution is -2.27. The average Bonchev–Trinajstić information content (AvgIpc) is 3.61. The maximum Gasteiger partial charge on any atom is 0.252 e. The van der Waals surface area contributed by atoms with Gasteiger partial charge in [0, 0.05) is 29.1 Å². The Bertz CT molecular complexity index is 1620. The second-order valence-electron chi connectivity index (χ2n) is 9.52. The number of amides is 1. The highest BCUT2D eigenvalue weighted by molar-refractivity contribution is 6.07. The van der Waals surface area contributed by atoms with E-state index in [0.29, 0.717) is 28.6 Å². The molecule has 1 aliphatic carbocycles. The Labute approximate surface area is 213 Å². The minimum absolute atomic E-state index is 0.195. The molecular formula is C28H26FN7O. The molecule has 0 aliphatic heterocycles. The van der Waals surface area contributed by atoms with E-state index in [9.17, 15) is 9.18 Å². The summed E-state index contributed by atoms with van der Waals surface area (Å²) >= 11 is 0. The minimum atomic E-state index is -0.305. The van der Waals surface area contributed by atoms with E-state index in [1.54, 1.807) is 33.9 Å². The Morgan fingerprint density at radius 3 is 2.59 bits per heavy atom. The summed E-state index contributed by atoms with van der Waals surface area (Å²) in [7, 11) is 0. The molecule has 0 spiro atoms. The van der Waals surface area contributed by atoms with Crippen LogP contribution < -0.4 is 5.32 Å². The summed E-state index contributed by atoms with van der Waals surface area (Å²) in [5.41, 5.74) is 5.33. The zero-order valence-corrected chi connectivity index (χ0v) is 20.8. The molecule has 5 aromatic rings. The molecule has 0 radical (unpaired) electrons. The molecule has 1 fully saturated rings. The van der Waals surface area contributed by atoms with Crippen LogP contribution in [-0.2, 0) is 0 Å². The van der Waals surface area contributed by atoms with Gasteiger partial charge >= 0.3 is 0 Å². The third-order valence-corrected chi connectivity index (χ3v) is 6.87. The van der Waals surface area contributed by atoms with Crippen LogP contribution in [0.1, 0.15) is 64.7 Å². The fraction of sp³-hybridized carbons (Fsp3) is 0.250. The smallest absolute Gasteiger partial charge is 0.252 e. The number of nitrogens with one attached hydrogen (secondary N) is 1. The molecule has 4 heterocycles. The van der Waals surface area contributed by atoms with Gasteiger partial charge in [-0.15, -0.1) is 0 Å². The molecule has 1 aliphatic rings. The van der Waals surface area contributed by atoms with Gasteiger partial charge in [-0.25, -0.2) is 19.0 Å². The van der Waals surface area contributed by atoms with Gasteiger partial charge in [-0.05, 0) is 76.1 Å². The van der Waals surface area contributed by atoms with Gasteiger partial charge in [-0.1, -0.05) is 6.07 Å². The second-order valence-corrected chi connectivity index (χ2v) is 9.52. The lowest BCUT2D eigenvalue weighted by molar-refractivity contribution is 0.0941. The molecule has 6 rings (SSSR count). The minimum Gasteiger partial charge on any atom is -0.345 e. The standard InChI is InChI=1S/C28H26FN7O/c1-16(23-15-31-35(18(23)3)21-11-9-20(29)10-12-21)32-28(37)22-14-24(19-7-8-19)33-27-26(22)17(2)34-36(27)25-6-4-5-13-30-25/h4-6,9-16,19H,7-8H2,1-3H3,(H,32,37). The van der Waals surface area contributed by atoms with Gasteiger partial charge in [0.2, 0.25) is 0 Å². The molecule has 37 heavy (non-hydrogen) atoms. The maximum atomic E-state index is 13.7. The van der Waals surface area contributed by atoms with Crippen molar-refractivity contribution in [3.63, 3.8) is 0 Å². The topological polar surface area (TPSA) is 90.5 Å². The number of hydrogen-bond donors (Lipinski definition) is 1. The van der Waals surface area contributed by atoms with E-state index in [4.69, 9.17) is 10.1 Å². The Morgan fingerprint density at radius 1 is 1.11 bits per heavy atom. The number of halogens is 1. The molecule has 8 nitrogen and oxygen atoms in total. The Morgan fingerprint density at radius 2 is 1.89 bits per heavy atom. The predicted octanol–water partition coefficient (Wildman–Crippen LogP) is 5.13. The molecule has 1 amide bonds.